The molecule has 1 saturated heterocycles. The van der Waals surface area contributed by atoms with Gasteiger partial charge in [-0.2, -0.15) is 4.31 Å². The van der Waals surface area contributed by atoms with Crippen molar-refractivity contribution in [3.63, 3.8) is 0 Å². The standard InChI is InChI=1S/C19H26N2O5S/c1-3-4-8-17(19(23)24)20-18(22)16-13-15(10-9-14(16)2)27(25,26)21-11-6-5-7-12-21/h3-4,9-10,13,17H,5-8,11-12H2,1-2H3,(H,20,22)(H,23,24)/b4-3+. The summed E-state index contributed by atoms with van der Waals surface area (Å²) in [5, 5.41) is 11.7. The van der Waals surface area contributed by atoms with E-state index in [0.717, 1.165) is 19.3 Å². The van der Waals surface area contributed by atoms with E-state index in [-0.39, 0.29) is 16.9 Å². The zero-order chi connectivity index (χ0) is 20.0. The smallest absolute Gasteiger partial charge is 0.326 e. The van der Waals surface area contributed by atoms with Crippen LogP contribution in [0.2, 0.25) is 0 Å². The van der Waals surface area contributed by atoms with Crippen LogP contribution >= 0.6 is 0 Å². The number of allylic oxidation sites excluding steroid dienone is 1. The predicted octanol–water partition coefficient (Wildman–Crippen LogP) is 2.32. The second kappa shape index (κ2) is 9.14. The first-order valence-corrected chi connectivity index (χ1v) is 10.5. The summed E-state index contributed by atoms with van der Waals surface area (Å²) in [4.78, 5) is 24.0. The molecule has 27 heavy (non-hydrogen) atoms. The van der Waals surface area contributed by atoms with Gasteiger partial charge in [0.25, 0.3) is 5.91 Å². The molecule has 1 heterocycles. The number of carboxylic acids is 1. The Bertz CT molecular complexity index is 827. The Morgan fingerprint density at radius 2 is 1.93 bits per heavy atom. The number of aliphatic carboxylic acids is 1. The molecule has 1 fully saturated rings. The number of amides is 1. The van der Waals surface area contributed by atoms with Crippen molar-refractivity contribution in [3.05, 3.63) is 41.5 Å². The molecule has 0 bridgehead atoms. The zero-order valence-electron chi connectivity index (χ0n) is 15.6. The van der Waals surface area contributed by atoms with Crippen LogP contribution < -0.4 is 5.32 Å². The molecule has 1 aromatic rings. The highest BCUT2D eigenvalue weighted by Crippen LogP contribution is 2.23. The van der Waals surface area contributed by atoms with Crippen LogP contribution in [0.15, 0.2) is 35.2 Å². The molecule has 7 nitrogen and oxygen atoms in total. The summed E-state index contributed by atoms with van der Waals surface area (Å²) in [6.07, 6.45) is 6.18. The van der Waals surface area contributed by atoms with Crippen LogP contribution in [0.1, 0.15) is 48.5 Å². The lowest BCUT2D eigenvalue weighted by Crippen LogP contribution is -2.41. The molecule has 1 atom stereocenters. The number of carboxylic acid groups (broad SMARTS) is 1. The van der Waals surface area contributed by atoms with E-state index in [1.807, 2.05) is 0 Å². The van der Waals surface area contributed by atoms with Crippen molar-refractivity contribution in [1.29, 1.82) is 0 Å². The van der Waals surface area contributed by atoms with Gasteiger partial charge in [-0.05, 0) is 50.8 Å². The number of hydrogen-bond acceptors (Lipinski definition) is 4. The third-order valence-corrected chi connectivity index (χ3v) is 6.51. The molecule has 1 aliphatic rings. The molecule has 148 valence electrons. The second-order valence-corrected chi connectivity index (χ2v) is 8.55. The number of carbonyl (C=O) groups excluding carboxylic acids is 1. The van der Waals surface area contributed by atoms with E-state index in [0.29, 0.717) is 18.7 Å². The summed E-state index contributed by atoms with van der Waals surface area (Å²) in [6, 6.07) is 3.33. The first kappa shape index (κ1) is 21.1. The molecule has 0 spiro atoms. The summed E-state index contributed by atoms with van der Waals surface area (Å²) in [7, 11) is -3.67. The third kappa shape index (κ3) is 5.17. The number of sulfonamides is 1. The second-order valence-electron chi connectivity index (χ2n) is 6.61. The van der Waals surface area contributed by atoms with Crippen molar-refractivity contribution in [1.82, 2.24) is 9.62 Å². The molecule has 0 radical (unpaired) electrons. The molecule has 0 aromatic heterocycles. The lowest BCUT2D eigenvalue weighted by Gasteiger charge is -2.26. The Kier molecular flexibility index (Phi) is 7.15. The van der Waals surface area contributed by atoms with Crippen molar-refractivity contribution >= 4 is 21.9 Å². The largest absolute Gasteiger partial charge is 0.480 e. The lowest BCUT2D eigenvalue weighted by molar-refractivity contribution is -0.139. The summed E-state index contributed by atoms with van der Waals surface area (Å²) in [5.41, 5.74) is 0.750. The van der Waals surface area contributed by atoms with Crippen LogP contribution in [0.5, 0.6) is 0 Å². The molecule has 2 rings (SSSR count). The topological polar surface area (TPSA) is 104 Å². The molecule has 2 N–H and O–H groups in total. The first-order chi connectivity index (χ1) is 12.8. The van der Waals surface area contributed by atoms with E-state index < -0.39 is 27.9 Å². The van der Waals surface area contributed by atoms with Gasteiger partial charge < -0.3 is 10.4 Å². The van der Waals surface area contributed by atoms with Gasteiger partial charge in [0.15, 0.2) is 0 Å². The van der Waals surface area contributed by atoms with E-state index in [4.69, 9.17) is 0 Å². The van der Waals surface area contributed by atoms with E-state index in [1.165, 1.54) is 16.4 Å². The van der Waals surface area contributed by atoms with Gasteiger partial charge in [-0.15, -0.1) is 0 Å². The van der Waals surface area contributed by atoms with Gasteiger partial charge >= 0.3 is 5.97 Å². The number of aryl methyl sites for hydroxylation is 1. The van der Waals surface area contributed by atoms with Gasteiger partial charge in [-0.25, -0.2) is 13.2 Å². The number of benzene rings is 1. The van der Waals surface area contributed by atoms with E-state index in [2.05, 4.69) is 5.32 Å². The average Bonchev–Trinajstić information content (AvgIpc) is 2.65. The zero-order valence-corrected chi connectivity index (χ0v) is 16.5. The molecule has 0 aliphatic carbocycles. The average molecular weight is 394 g/mol. The van der Waals surface area contributed by atoms with Gasteiger partial charge in [0.1, 0.15) is 6.04 Å². The highest BCUT2D eigenvalue weighted by Gasteiger charge is 2.27. The molecule has 8 heteroatoms. The van der Waals surface area contributed by atoms with Crippen LogP contribution in [0.3, 0.4) is 0 Å². The normalized spacial score (nSPS) is 17.0. The summed E-state index contributed by atoms with van der Waals surface area (Å²) in [6.45, 7) is 4.40. The molecule has 1 aromatic carbocycles. The fourth-order valence-electron chi connectivity index (χ4n) is 2.99. The molecule has 1 aliphatic heterocycles. The maximum Gasteiger partial charge on any atom is 0.326 e. The minimum absolute atomic E-state index is 0.0560. The van der Waals surface area contributed by atoms with Crippen LogP contribution in [0.25, 0.3) is 0 Å². The van der Waals surface area contributed by atoms with Crippen LogP contribution in [-0.2, 0) is 14.8 Å². The third-order valence-electron chi connectivity index (χ3n) is 4.62. The Balaban J connectivity index is 2.28. The van der Waals surface area contributed by atoms with E-state index in [9.17, 15) is 23.1 Å². The van der Waals surface area contributed by atoms with E-state index in [1.54, 1.807) is 32.1 Å². The first-order valence-electron chi connectivity index (χ1n) is 9.03. The molecular weight excluding hydrogens is 368 g/mol. The SMILES string of the molecule is C/C=C/CC(NC(=O)c1cc(S(=O)(=O)N2CCCCC2)ccc1C)C(=O)O. The number of rotatable bonds is 7. The predicted molar refractivity (Wildman–Crippen MR) is 102 cm³/mol. The quantitative estimate of drug-likeness (QED) is 0.691. The van der Waals surface area contributed by atoms with Crippen molar-refractivity contribution in [3.8, 4) is 0 Å². The number of nitrogens with zero attached hydrogens (tertiary/aromatic N) is 1. The fourth-order valence-corrected chi connectivity index (χ4v) is 4.53. The molecule has 0 saturated carbocycles. The van der Waals surface area contributed by atoms with Gasteiger partial charge in [0.2, 0.25) is 10.0 Å². The fraction of sp³-hybridized carbons (Fsp3) is 0.474. The lowest BCUT2D eigenvalue weighted by atomic mass is 10.1. The van der Waals surface area contributed by atoms with Crippen LogP contribution in [-0.4, -0.2) is 48.8 Å². The highest BCUT2D eigenvalue weighted by molar-refractivity contribution is 7.89. The molecule has 1 amide bonds. The highest BCUT2D eigenvalue weighted by atomic mass is 32.2. The van der Waals surface area contributed by atoms with Gasteiger partial charge in [-0.3, -0.25) is 4.79 Å². The van der Waals surface area contributed by atoms with Gasteiger partial charge in [-0.1, -0.05) is 24.6 Å². The van der Waals surface area contributed by atoms with Gasteiger partial charge in [0, 0.05) is 18.7 Å². The van der Waals surface area contributed by atoms with Crippen LogP contribution in [0.4, 0.5) is 0 Å². The number of hydrogen-bond donors (Lipinski definition) is 2. The Labute approximate surface area is 160 Å². The number of nitrogens with one attached hydrogen (secondary N) is 1. The Hall–Kier alpha value is -2.19. The Morgan fingerprint density at radius 1 is 1.26 bits per heavy atom. The number of carbonyl (C=O) groups is 2. The van der Waals surface area contributed by atoms with Crippen molar-refractivity contribution in [2.75, 3.05) is 13.1 Å². The van der Waals surface area contributed by atoms with Crippen molar-refractivity contribution in [2.45, 2.75) is 50.5 Å². The summed E-state index contributed by atoms with van der Waals surface area (Å²) < 4.78 is 27.1. The minimum atomic E-state index is -3.67. The van der Waals surface area contributed by atoms with Crippen molar-refractivity contribution in [2.24, 2.45) is 0 Å². The number of piperidine rings is 1. The maximum atomic E-state index is 12.8. The van der Waals surface area contributed by atoms with Gasteiger partial charge in [0.05, 0.1) is 4.90 Å². The van der Waals surface area contributed by atoms with Crippen LogP contribution in [0, 0.1) is 6.92 Å². The summed E-state index contributed by atoms with van der Waals surface area (Å²) in [5.74, 6) is -1.74. The minimum Gasteiger partial charge on any atom is -0.480 e. The summed E-state index contributed by atoms with van der Waals surface area (Å²) >= 11 is 0. The van der Waals surface area contributed by atoms with Crippen molar-refractivity contribution < 1.29 is 23.1 Å². The maximum absolute atomic E-state index is 12.8. The molecule has 1 unspecified atom stereocenters. The van der Waals surface area contributed by atoms with E-state index >= 15 is 0 Å². The molecular formula is C19H26N2O5S. The monoisotopic (exact) mass is 394 g/mol. The Morgan fingerprint density at radius 3 is 2.52 bits per heavy atom.